The van der Waals surface area contributed by atoms with Crippen molar-refractivity contribution in [1.29, 1.82) is 0 Å². The number of carbonyl (C=O) groups is 3. The first-order valence-corrected chi connectivity index (χ1v) is 12.7. The fraction of sp³-hybridized carbons (Fsp3) is 0.0667. The van der Waals surface area contributed by atoms with Crippen molar-refractivity contribution in [2.24, 2.45) is 5.10 Å². The van der Waals surface area contributed by atoms with Crippen molar-refractivity contribution in [1.82, 2.24) is 5.43 Å². The minimum absolute atomic E-state index is 0.153. The normalized spacial score (nSPS) is 10.7. The van der Waals surface area contributed by atoms with E-state index in [4.69, 9.17) is 32.7 Å². The van der Waals surface area contributed by atoms with Gasteiger partial charge in [0.25, 0.3) is 11.8 Å². The lowest BCUT2D eigenvalue weighted by atomic mass is 10.1. The van der Waals surface area contributed by atoms with E-state index < -0.39 is 11.9 Å². The Morgan fingerprint density at radius 2 is 1.60 bits per heavy atom. The summed E-state index contributed by atoms with van der Waals surface area (Å²) < 4.78 is 10.8. The first-order chi connectivity index (χ1) is 19.2. The molecule has 8 nitrogen and oxygen atoms in total. The summed E-state index contributed by atoms with van der Waals surface area (Å²) in [7, 11) is 1.43. The summed E-state index contributed by atoms with van der Waals surface area (Å²) in [5.74, 6) is -0.990. The second-order valence-corrected chi connectivity index (χ2v) is 9.37. The Labute approximate surface area is 240 Å². The fourth-order valence-electron chi connectivity index (χ4n) is 3.54. The fourth-order valence-corrected chi connectivity index (χ4v) is 4.02. The third-order valence-electron chi connectivity index (χ3n) is 5.62. The first kappa shape index (κ1) is 28.4. The number of anilines is 1. The maximum Gasteiger partial charge on any atom is 0.345 e. The summed E-state index contributed by atoms with van der Waals surface area (Å²) in [6.07, 6.45) is 1.41. The second-order valence-electron chi connectivity index (χ2n) is 8.52. The van der Waals surface area contributed by atoms with Crippen molar-refractivity contribution in [3.8, 4) is 11.5 Å². The minimum Gasteiger partial charge on any atom is -0.493 e. The quantitative estimate of drug-likeness (QED) is 0.107. The van der Waals surface area contributed by atoms with Gasteiger partial charge in [0.05, 0.1) is 23.9 Å². The average Bonchev–Trinajstić information content (AvgIpc) is 2.94. The van der Waals surface area contributed by atoms with Crippen LogP contribution in [0, 0.1) is 6.92 Å². The van der Waals surface area contributed by atoms with Crippen molar-refractivity contribution in [2.75, 3.05) is 12.4 Å². The molecule has 0 radical (unpaired) electrons. The highest BCUT2D eigenvalue weighted by Gasteiger charge is 2.16. The van der Waals surface area contributed by atoms with Crippen molar-refractivity contribution in [3.05, 3.63) is 123 Å². The van der Waals surface area contributed by atoms with Crippen LogP contribution in [0.2, 0.25) is 10.0 Å². The molecule has 0 fully saturated rings. The van der Waals surface area contributed by atoms with E-state index in [-0.39, 0.29) is 28.0 Å². The number of rotatable bonds is 8. The number of amides is 2. The first-order valence-electron chi connectivity index (χ1n) is 11.9. The molecule has 0 unspecified atom stereocenters. The van der Waals surface area contributed by atoms with Gasteiger partial charge in [0.1, 0.15) is 0 Å². The number of esters is 1. The number of ether oxygens (including phenoxy) is 2. The molecule has 10 heteroatoms. The van der Waals surface area contributed by atoms with Crippen molar-refractivity contribution >= 4 is 52.9 Å². The van der Waals surface area contributed by atoms with Gasteiger partial charge in [0, 0.05) is 21.8 Å². The Kier molecular flexibility index (Phi) is 9.16. The number of hydrogen-bond donors (Lipinski definition) is 2. The van der Waals surface area contributed by atoms with Crippen LogP contribution in [0.4, 0.5) is 5.69 Å². The van der Waals surface area contributed by atoms with Crippen LogP contribution in [0.25, 0.3) is 0 Å². The van der Waals surface area contributed by atoms with E-state index in [2.05, 4.69) is 15.8 Å². The Morgan fingerprint density at radius 3 is 2.33 bits per heavy atom. The predicted octanol–water partition coefficient (Wildman–Crippen LogP) is 6.55. The molecule has 0 atom stereocenters. The number of methoxy groups -OCH3 is 1. The third-order valence-corrected chi connectivity index (χ3v) is 6.17. The molecule has 4 rings (SSSR count). The number of hydrazone groups is 1. The molecule has 0 saturated heterocycles. The zero-order valence-electron chi connectivity index (χ0n) is 21.4. The molecule has 0 aromatic heterocycles. The number of hydrogen-bond acceptors (Lipinski definition) is 6. The number of nitrogens with zero attached hydrogens (tertiary/aromatic N) is 1. The van der Waals surface area contributed by atoms with E-state index in [1.807, 2.05) is 19.1 Å². The van der Waals surface area contributed by atoms with Crippen LogP contribution in [-0.2, 0) is 0 Å². The summed E-state index contributed by atoms with van der Waals surface area (Å²) >= 11 is 12.0. The van der Waals surface area contributed by atoms with Crippen molar-refractivity contribution < 1.29 is 23.9 Å². The van der Waals surface area contributed by atoms with E-state index in [1.54, 1.807) is 48.5 Å². The monoisotopic (exact) mass is 575 g/mol. The summed E-state index contributed by atoms with van der Waals surface area (Å²) in [5, 5.41) is 7.33. The van der Waals surface area contributed by atoms with Crippen LogP contribution in [0.3, 0.4) is 0 Å². The maximum absolute atomic E-state index is 12.6. The van der Waals surface area contributed by atoms with Gasteiger partial charge in [-0.3, -0.25) is 9.59 Å². The summed E-state index contributed by atoms with van der Waals surface area (Å²) in [4.78, 5) is 37.7. The highest BCUT2D eigenvalue weighted by Crippen LogP contribution is 2.30. The van der Waals surface area contributed by atoms with Crippen molar-refractivity contribution in [2.45, 2.75) is 6.92 Å². The Balaban J connectivity index is 1.38. The van der Waals surface area contributed by atoms with Gasteiger partial charge in [0.15, 0.2) is 11.5 Å². The lowest BCUT2D eigenvalue weighted by Gasteiger charge is -2.10. The number of aryl methyl sites for hydroxylation is 1. The van der Waals surface area contributed by atoms with Gasteiger partial charge < -0.3 is 14.8 Å². The second kappa shape index (κ2) is 12.9. The van der Waals surface area contributed by atoms with Gasteiger partial charge in [-0.25, -0.2) is 10.2 Å². The van der Waals surface area contributed by atoms with Crippen LogP contribution in [0.5, 0.6) is 11.5 Å². The Bertz CT molecular complexity index is 1600. The standard InChI is InChI=1S/C30H23Cl2N3O5/c1-18-6-9-20(10-7-18)28(36)34-23-5-3-4-21(15-23)29(37)35-33-17-19-8-13-26(27(14-19)39-2)40-30(38)24-12-11-22(31)16-25(24)32/h3-17H,1-2H3,(H,34,36)(H,35,37). The molecule has 0 spiro atoms. The zero-order chi connectivity index (χ0) is 28.6. The van der Waals surface area contributed by atoms with Crippen LogP contribution < -0.4 is 20.2 Å². The molecule has 0 bridgehead atoms. The average molecular weight is 576 g/mol. The SMILES string of the molecule is COc1cc(C=NNC(=O)c2cccc(NC(=O)c3ccc(C)cc3)c2)ccc1OC(=O)c1ccc(Cl)cc1Cl. The maximum atomic E-state index is 12.6. The van der Waals surface area contributed by atoms with Gasteiger partial charge in [0.2, 0.25) is 0 Å². The van der Waals surface area contributed by atoms with E-state index in [1.165, 1.54) is 37.6 Å². The van der Waals surface area contributed by atoms with Crippen LogP contribution in [0.1, 0.15) is 42.2 Å². The number of nitrogens with one attached hydrogen (secondary N) is 2. The van der Waals surface area contributed by atoms with Gasteiger partial charge in [-0.2, -0.15) is 5.10 Å². The van der Waals surface area contributed by atoms with E-state index >= 15 is 0 Å². The number of carbonyl (C=O) groups excluding carboxylic acids is 3. The molecule has 4 aromatic carbocycles. The molecule has 0 aliphatic carbocycles. The summed E-state index contributed by atoms with van der Waals surface area (Å²) in [6, 6.07) is 22.9. The third kappa shape index (κ3) is 7.25. The molecular weight excluding hydrogens is 553 g/mol. The lowest BCUT2D eigenvalue weighted by molar-refractivity contribution is 0.0729. The van der Waals surface area contributed by atoms with Crippen LogP contribution in [0.15, 0.2) is 90.0 Å². The molecule has 202 valence electrons. The molecule has 0 saturated carbocycles. The van der Waals surface area contributed by atoms with E-state index in [9.17, 15) is 14.4 Å². The topological polar surface area (TPSA) is 106 Å². The molecule has 0 heterocycles. The highest BCUT2D eigenvalue weighted by atomic mass is 35.5. The van der Waals surface area contributed by atoms with Gasteiger partial charge in [-0.1, -0.05) is 47.0 Å². The molecule has 0 aliphatic rings. The lowest BCUT2D eigenvalue weighted by Crippen LogP contribution is -2.18. The summed E-state index contributed by atoms with van der Waals surface area (Å²) in [5.41, 5.74) is 5.50. The smallest absolute Gasteiger partial charge is 0.345 e. The Hall–Kier alpha value is -4.66. The van der Waals surface area contributed by atoms with Crippen LogP contribution >= 0.6 is 23.2 Å². The molecule has 40 heavy (non-hydrogen) atoms. The number of benzene rings is 4. The molecule has 2 N–H and O–H groups in total. The van der Waals surface area contributed by atoms with E-state index in [0.717, 1.165) is 5.56 Å². The predicted molar refractivity (Wildman–Crippen MR) is 155 cm³/mol. The van der Waals surface area contributed by atoms with Crippen molar-refractivity contribution in [3.63, 3.8) is 0 Å². The summed E-state index contributed by atoms with van der Waals surface area (Å²) in [6.45, 7) is 1.94. The molecule has 4 aromatic rings. The van der Waals surface area contributed by atoms with Gasteiger partial charge in [-0.15, -0.1) is 0 Å². The van der Waals surface area contributed by atoms with Gasteiger partial charge in [-0.05, 0) is 79.2 Å². The Morgan fingerprint density at radius 1 is 0.825 bits per heavy atom. The zero-order valence-corrected chi connectivity index (χ0v) is 22.9. The van der Waals surface area contributed by atoms with E-state index in [0.29, 0.717) is 27.4 Å². The number of halogens is 2. The molecule has 2 amide bonds. The molecule has 0 aliphatic heterocycles. The van der Waals surface area contributed by atoms with Gasteiger partial charge >= 0.3 is 5.97 Å². The molecular formula is C30H23Cl2N3O5. The van der Waals surface area contributed by atoms with Crippen LogP contribution in [-0.4, -0.2) is 31.1 Å². The highest BCUT2D eigenvalue weighted by molar-refractivity contribution is 6.36. The largest absolute Gasteiger partial charge is 0.493 e. The minimum atomic E-state index is -0.675.